The number of piperidine rings is 1. The highest BCUT2D eigenvalue weighted by Gasteiger charge is 2.40. The first-order valence-electron chi connectivity index (χ1n) is 6.19. The van der Waals surface area contributed by atoms with Gasteiger partial charge in [0.1, 0.15) is 0 Å². The van der Waals surface area contributed by atoms with Crippen LogP contribution < -0.4 is 0 Å². The molecule has 1 saturated heterocycles. The van der Waals surface area contributed by atoms with Crippen molar-refractivity contribution >= 4 is 23.8 Å². The second-order valence-electron chi connectivity index (χ2n) is 4.89. The van der Waals surface area contributed by atoms with Crippen LogP contribution in [0.1, 0.15) is 13.3 Å². The smallest absolute Gasteiger partial charge is 0.309 e. The Morgan fingerprint density at radius 2 is 1.70 bits per heavy atom. The number of carbonyl (C=O) groups excluding carboxylic acids is 2. The minimum absolute atomic E-state index is 0.0990. The molecule has 1 heterocycles. The maximum Gasteiger partial charge on any atom is 0.309 e. The predicted octanol–water partition coefficient (Wildman–Crippen LogP) is -0.901. The monoisotopic (exact) mass is 286 g/mol. The number of likely N-dealkylation sites (tertiary alicyclic amines) is 1. The van der Waals surface area contributed by atoms with E-state index in [-0.39, 0.29) is 37.9 Å². The molecule has 2 unspecified atom stereocenters. The Morgan fingerprint density at radius 3 is 2.15 bits per heavy atom. The van der Waals surface area contributed by atoms with E-state index >= 15 is 0 Å². The number of hydrogen-bond acceptors (Lipinski definition) is 4. The van der Waals surface area contributed by atoms with Crippen LogP contribution in [0.5, 0.6) is 0 Å². The van der Waals surface area contributed by atoms with Gasteiger partial charge in [-0.1, -0.05) is 0 Å². The first kappa shape index (κ1) is 15.9. The Balaban J connectivity index is 2.71. The lowest BCUT2D eigenvalue weighted by molar-refractivity contribution is -0.159. The number of hydrogen-bond donors (Lipinski definition) is 2. The highest BCUT2D eigenvalue weighted by Crippen LogP contribution is 2.24. The molecule has 2 amide bonds. The second-order valence-corrected chi connectivity index (χ2v) is 4.89. The van der Waals surface area contributed by atoms with Gasteiger partial charge < -0.3 is 20.0 Å². The molecule has 0 aromatic carbocycles. The zero-order valence-electron chi connectivity index (χ0n) is 11.4. The minimum Gasteiger partial charge on any atom is -0.481 e. The molecule has 1 aliphatic heterocycles. The fraction of sp³-hybridized carbons (Fsp3) is 0.667. The lowest BCUT2D eigenvalue weighted by atomic mass is 9.85. The van der Waals surface area contributed by atoms with Crippen LogP contribution >= 0.6 is 0 Å². The highest BCUT2D eigenvalue weighted by molar-refractivity contribution is 5.85. The molecule has 2 N–H and O–H groups in total. The summed E-state index contributed by atoms with van der Waals surface area (Å²) in [6.07, 6.45) is 0.0990. The molecule has 0 spiro atoms. The van der Waals surface area contributed by atoms with Gasteiger partial charge in [-0.05, 0) is 6.42 Å². The van der Waals surface area contributed by atoms with Crippen molar-refractivity contribution in [3.05, 3.63) is 0 Å². The van der Waals surface area contributed by atoms with Gasteiger partial charge in [-0.25, -0.2) is 0 Å². The van der Waals surface area contributed by atoms with E-state index in [0.29, 0.717) is 0 Å². The van der Waals surface area contributed by atoms with Gasteiger partial charge in [-0.15, -0.1) is 0 Å². The molecular formula is C12H18N2O6. The van der Waals surface area contributed by atoms with Crippen LogP contribution in [-0.4, -0.2) is 70.4 Å². The van der Waals surface area contributed by atoms with E-state index in [1.807, 2.05) is 0 Å². The van der Waals surface area contributed by atoms with Crippen LogP contribution in [0.4, 0.5) is 0 Å². The van der Waals surface area contributed by atoms with Crippen molar-refractivity contribution in [2.45, 2.75) is 13.3 Å². The van der Waals surface area contributed by atoms with Gasteiger partial charge in [0, 0.05) is 27.1 Å². The molecule has 2 atom stereocenters. The molecule has 0 bridgehead atoms. The van der Waals surface area contributed by atoms with Crippen LogP contribution in [0.25, 0.3) is 0 Å². The van der Waals surface area contributed by atoms with Crippen molar-refractivity contribution in [3.63, 3.8) is 0 Å². The van der Waals surface area contributed by atoms with Crippen molar-refractivity contribution in [1.29, 1.82) is 0 Å². The van der Waals surface area contributed by atoms with E-state index in [4.69, 9.17) is 10.2 Å². The van der Waals surface area contributed by atoms with Gasteiger partial charge in [0.2, 0.25) is 11.8 Å². The average molecular weight is 286 g/mol. The maximum atomic E-state index is 11.9. The summed E-state index contributed by atoms with van der Waals surface area (Å²) in [7, 11) is 1.47. The molecule has 0 aromatic rings. The number of aliphatic carboxylic acids is 2. The van der Waals surface area contributed by atoms with Crippen molar-refractivity contribution in [2.75, 3.05) is 26.7 Å². The summed E-state index contributed by atoms with van der Waals surface area (Å²) in [4.78, 5) is 47.6. The summed E-state index contributed by atoms with van der Waals surface area (Å²) in [5.74, 6) is -5.14. The fourth-order valence-corrected chi connectivity index (χ4v) is 2.14. The van der Waals surface area contributed by atoms with Gasteiger partial charge in [0.15, 0.2) is 0 Å². The van der Waals surface area contributed by atoms with E-state index in [1.165, 1.54) is 23.8 Å². The molecule has 1 aliphatic rings. The van der Waals surface area contributed by atoms with Crippen molar-refractivity contribution in [3.8, 4) is 0 Å². The predicted molar refractivity (Wildman–Crippen MR) is 66.8 cm³/mol. The summed E-state index contributed by atoms with van der Waals surface area (Å²) < 4.78 is 0. The number of carboxylic acid groups (broad SMARTS) is 2. The Bertz CT molecular complexity index is 436. The molecule has 0 saturated carbocycles. The quantitative estimate of drug-likeness (QED) is 0.692. The molecule has 0 aliphatic carbocycles. The maximum absolute atomic E-state index is 11.9. The standard InChI is InChI=1S/C12H18N2O6/c1-7(15)13(2)6-10(16)14-4-3-8(11(17)18)9(5-14)12(19)20/h8-9H,3-6H2,1-2H3,(H,17,18)(H,19,20). The summed E-state index contributed by atoms with van der Waals surface area (Å²) in [6.45, 7) is 1.23. The summed E-state index contributed by atoms with van der Waals surface area (Å²) >= 11 is 0. The molecular weight excluding hydrogens is 268 g/mol. The number of likely N-dealkylation sites (N-methyl/N-ethyl adjacent to an activating group) is 1. The van der Waals surface area contributed by atoms with E-state index in [1.54, 1.807) is 0 Å². The molecule has 0 aromatic heterocycles. The first-order valence-corrected chi connectivity index (χ1v) is 6.19. The minimum atomic E-state index is -1.23. The Morgan fingerprint density at radius 1 is 1.15 bits per heavy atom. The van der Waals surface area contributed by atoms with Gasteiger partial charge in [0.05, 0.1) is 18.4 Å². The van der Waals surface area contributed by atoms with Crippen molar-refractivity contribution in [1.82, 2.24) is 9.80 Å². The van der Waals surface area contributed by atoms with Crippen LogP contribution in [-0.2, 0) is 19.2 Å². The zero-order valence-corrected chi connectivity index (χ0v) is 11.4. The zero-order chi connectivity index (χ0) is 15.4. The molecule has 8 nitrogen and oxygen atoms in total. The molecule has 112 valence electrons. The third-order valence-corrected chi connectivity index (χ3v) is 3.51. The largest absolute Gasteiger partial charge is 0.481 e. The Kier molecular flexibility index (Phi) is 5.06. The van der Waals surface area contributed by atoms with Crippen LogP contribution in [0.3, 0.4) is 0 Å². The summed E-state index contributed by atoms with van der Waals surface area (Å²) in [6, 6.07) is 0. The van der Waals surface area contributed by atoms with Crippen LogP contribution in [0.2, 0.25) is 0 Å². The molecule has 8 heteroatoms. The van der Waals surface area contributed by atoms with E-state index in [9.17, 15) is 19.2 Å². The summed E-state index contributed by atoms with van der Waals surface area (Å²) in [5, 5.41) is 18.0. The van der Waals surface area contributed by atoms with Crippen LogP contribution in [0.15, 0.2) is 0 Å². The Hall–Kier alpha value is -2.12. The number of carboxylic acids is 2. The van der Waals surface area contributed by atoms with Gasteiger partial charge in [0.25, 0.3) is 0 Å². The van der Waals surface area contributed by atoms with E-state index in [2.05, 4.69) is 0 Å². The molecule has 1 fully saturated rings. The number of rotatable bonds is 4. The summed E-state index contributed by atoms with van der Waals surface area (Å²) in [5.41, 5.74) is 0. The van der Waals surface area contributed by atoms with Crippen LogP contribution in [0, 0.1) is 11.8 Å². The second kappa shape index (κ2) is 6.36. The van der Waals surface area contributed by atoms with E-state index in [0.717, 1.165) is 0 Å². The molecule has 20 heavy (non-hydrogen) atoms. The molecule has 0 radical (unpaired) electrons. The average Bonchev–Trinajstić information content (AvgIpc) is 2.37. The van der Waals surface area contributed by atoms with Crippen molar-refractivity contribution in [2.24, 2.45) is 11.8 Å². The third-order valence-electron chi connectivity index (χ3n) is 3.51. The van der Waals surface area contributed by atoms with Gasteiger partial charge in [-0.2, -0.15) is 0 Å². The van der Waals surface area contributed by atoms with Gasteiger partial charge in [-0.3, -0.25) is 19.2 Å². The third kappa shape index (κ3) is 3.69. The lowest BCUT2D eigenvalue weighted by Crippen LogP contribution is -2.51. The fourth-order valence-electron chi connectivity index (χ4n) is 2.14. The topological polar surface area (TPSA) is 115 Å². The normalized spacial score (nSPS) is 22.2. The van der Waals surface area contributed by atoms with E-state index < -0.39 is 23.8 Å². The Labute approximate surface area is 116 Å². The lowest BCUT2D eigenvalue weighted by Gasteiger charge is -2.35. The van der Waals surface area contributed by atoms with Crippen molar-refractivity contribution < 1.29 is 29.4 Å². The molecule has 1 rings (SSSR count). The number of amides is 2. The first-order chi connectivity index (χ1) is 9.23. The number of carbonyl (C=O) groups is 4. The highest BCUT2D eigenvalue weighted by atomic mass is 16.4. The van der Waals surface area contributed by atoms with Gasteiger partial charge >= 0.3 is 11.9 Å². The SMILES string of the molecule is CC(=O)N(C)CC(=O)N1CCC(C(=O)O)C(C(=O)O)C1. The number of nitrogens with zero attached hydrogens (tertiary/aromatic N) is 2.